The quantitative estimate of drug-likeness (QED) is 0.759. The first-order valence-electron chi connectivity index (χ1n) is 6.60. The van der Waals surface area contributed by atoms with E-state index in [2.05, 4.69) is 31.2 Å². The molecule has 5 heteroatoms. The molecule has 2 N–H and O–H groups in total. The summed E-state index contributed by atoms with van der Waals surface area (Å²) in [5, 5.41) is 3.93. The van der Waals surface area contributed by atoms with Crippen molar-refractivity contribution in [2.45, 2.75) is 13.3 Å². The molecule has 0 unspecified atom stereocenters. The highest BCUT2D eigenvalue weighted by Gasteiger charge is 2.10. The van der Waals surface area contributed by atoms with Crippen LogP contribution in [0.4, 0.5) is 5.82 Å². The van der Waals surface area contributed by atoms with E-state index in [1.54, 1.807) is 6.20 Å². The zero-order chi connectivity index (χ0) is 14.8. The average molecular weight is 344 g/mol. The summed E-state index contributed by atoms with van der Waals surface area (Å²) in [5.74, 6) is 0.528. The van der Waals surface area contributed by atoms with Gasteiger partial charge in [0.2, 0.25) is 5.91 Å². The summed E-state index contributed by atoms with van der Waals surface area (Å²) in [7, 11) is 0. The van der Waals surface area contributed by atoms with Gasteiger partial charge in [-0.05, 0) is 46.1 Å². The van der Waals surface area contributed by atoms with E-state index in [-0.39, 0.29) is 5.91 Å². The van der Waals surface area contributed by atoms with Crippen molar-refractivity contribution < 1.29 is 4.79 Å². The Labute approximate surface area is 130 Å². The van der Waals surface area contributed by atoms with Gasteiger partial charge in [0.15, 0.2) is 0 Å². The first-order chi connectivity index (χ1) is 10.1. The maximum absolute atomic E-state index is 12.2. The van der Waals surface area contributed by atoms with Crippen LogP contribution in [0.1, 0.15) is 11.1 Å². The number of aromatic amines is 1. The first-order valence-corrected chi connectivity index (χ1v) is 7.40. The third kappa shape index (κ3) is 2.97. The Morgan fingerprint density at radius 2 is 2.19 bits per heavy atom. The second-order valence-corrected chi connectivity index (χ2v) is 5.82. The fraction of sp³-hybridized carbons (Fsp3) is 0.125. The number of aryl methyl sites for hydroxylation is 1. The van der Waals surface area contributed by atoms with Crippen molar-refractivity contribution in [1.82, 2.24) is 9.97 Å². The molecule has 2 heterocycles. The standard InChI is InChI=1S/C16H14BrN3O/c1-10-6-12(17)9-19-16(10)20-15(21)7-11-8-18-14-5-3-2-4-13(11)14/h2-6,8-9,18H,7H2,1H3,(H,19,20,21). The highest BCUT2D eigenvalue weighted by molar-refractivity contribution is 9.10. The number of hydrogen-bond donors (Lipinski definition) is 2. The normalized spacial score (nSPS) is 10.8. The van der Waals surface area contributed by atoms with Gasteiger partial charge in [-0.2, -0.15) is 0 Å². The summed E-state index contributed by atoms with van der Waals surface area (Å²) in [6, 6.07) is 9.87. The molecule has 0 bridgehead atoms. The molecule has 0 saturated carbocycles. The average Bonchev–Trinajstić information content (AvgIpc) is 2.85. The molecule has 0 fully saturated rings. The van der Waals surface area contributed by atoms with Crippen LogP contribution in [-0.4, -0.2) is 15.9 Å². The van der Waals surface area contributed by atoms with E-state index >= 15 is 0 Å². The molecule has 4 nitrogen and oxygen atoms in total. The molecule has 1 amide bonds. The van der Waals surface area contributed by atoms with Crippen molar-refractivity contribution in [3.63, 3.8) is 0 Å². The number of para-hydroxylation sites is 1. The van der Waals surface area contributed by atoms with Crippen LogP contribution >= 0.6 is 15.9 Å². The number of nitrogens with zero attached hydrogens (tertiary/aromatic N) is 1. The number of carbonyl (C=O) groups excluding carboxylic acids is 1. The number of H-pyrrole nitrogens is 1. The lowest BCUT2D eigenvalue weighted by atomic mass is 10.1. The van der Waals surface area contributed by atoms with Crippen LogP contribution in [-0.2, 0) is 11.2 Å². The summed E-state index contributed by atoms with van der Waals surface area (Å²) >= 11 is 3.36. The fourth-order valence-electron chi connectivity index (χ4n) is 2.30. The molecule has 0 radical (unpaired) electrons. The van der Waals surface area contributed by atoms with Crippen molar-refractivity contribution in [1.29, 1.82) is 0 Å². The van der Waals surface area contributed by atoms with Gasteiger partial charge in [-0.25, -0.2) is 4.98 Å². The predicted molar refractivity (Wildman–Crippen MR) is 87.3 cm³/mol. The van der Waals surface area contributed by atoms with Gasteiger partial charge >= 0.3 is 0 Å². The minimum Gasteiger partial charge on any atom is -0.361 e. The van der Waals surface area contributed by atoms with Crippen molar-refractivity contribution in [3.8, 4) is 0 Å². The molecule has 106 valence electrons. The molecule has 3 rings (SSSR count). The second kappa shape index (κ2) is 5.69. The molecule has 0 aliphatic rings. The smallest absolute Gasteiger partial charge is 0.230 e. The van der Waals surface area contributed by atoms with Gasteiger partial charge < -0.3 is 10.3 Å². The Bertz CT molecular complexity index is 810. The van der Waals surface area contributed by atoms with Gasteiger partial charge in [0, 0.05) is 27.8 Å². The summed E-state index contributed by atoms with van der Waals surface area (Å²) in [4.78, 5) is 19.6. The van der Waals surface area contributed by atoms with Crippen LogP contribution in [0.25, 0.3) is 10.9 Å². The molecule has 0 atom stereocenters. The van der Waals surface area contributed by atoms with Crippen LogP contribution < -0.4 is 5.32 Å². The Balaban J connectivity index is 1.77. The predicted octanol–water partition coefficient (Wildman–Crippen LogP) is 3.82. The maximum atomic E-state index is 12.2. The van der Waals surface area contributed by atoms with Crippen LogP contribution in [0.15, 0.2) is 47.2 Å². The molecule has 0 spiro atoms. The lowest BCUT2D eigenvalue weighted by Crippen LogP contribution is -2.16. The Morgan fingerprint density at radius 3 is 3.00 bits per heavy atom. The number of pyridine rings is 1. The van der Waals surface area contributed by atoms with Gasteiger partial charge in [-0.15, -0.1) is 0 Å². The minimum atomic E-state index is -0.0716. The number of halogens is 1. The van der Waals surface area contributed by atoms with Gasteiger partial charge in [0.1, 0.15) is 5.82 Å². The molecule has 0 saturated heterocycles. The molecule has 0 aliphatic carbocycles. The number of benzene rings is 1. The molecule has 2 aromatic heterocycles. The number of carbonyl (C=O) groups is 1. The molecule has 0 aliphatic heterocycles. The lowest BCUT2D eigenvalue weighted by molar-refractivity contribution is -0.115. The molecular formula is C16H14BrN3O. The number of aromatic nitrogens is 2. The van der Waals surface area contributed by atoms with Gasteiger partial charge in [-0.1, -0.05) is 18.2 Å². The molecule has 1 aromatic carbocycles. The third-order valence-electron chi connectivity index (χ3n) is 3.33. The maximum Gasteiger partial charge on any atom is 0.230 e. The monoisotopic (exact) mass is 343 g/mol. The first kappa shape index (κ1) is 13.8. The minimum absolute atomic E-state index is 0.0716. The van der Waals surface area contributed by atoms with E-state index in [0.717, 1.165) is 26.5 Å². The number of anilines is 1. The summed E-state index contributed by atoms with van der Waals surface area (Å²) < 4.78 is 0.898. The summed E-state index contributed by atoms with van der Waals surface area (Å²) in [6.07, 6.45) is 3.88. The number of nitrogens with one attached hydrogen (secondary N) is 2. The van der Waals surface area contributed by atoms with Crippen molar-refractivity contribution in [2.75, 3.05) is 5.32 Å². The highest BCUT2D eigenvalue weighted by atomic mass is 79.9. The fourth-order valence-corrected chi connectivity index (χ4v) is 2.74. The van der Waals surface area contributed by atoms with E-state index in [1.165, 1.54) is 0 Å². The van der Waals surface area contributed by atoms with Crippen LogP contribution in [0.3, 0.4) is 0 Å². The van der Waals surface area contributed by atoms with Gasteiger partial charge in [0.25, 0.3) is 0 Å². The second-order valence-electron chi connectivity index (χ2n) is 4.90. The van der Waals surface area contributed by atoms with E-state index in [1.807, 2.05) is 43.5 Å². The van der Waals surface area contributed by atoms with Gasteiger partial charge in [0.05, 0.1) is 6.42 Å². The van der Waals surface area contributed by atoms with E-state index in [9.17, 15) is 4.79 Å². The molecule has 21 heavy (non-hydrogen) atoms. The Kier molecular flexibility index (Phi) is 3.75. The zero-order valence-electron chi connectivity index (χ0n) is 11.5. The third-order valence-corrected chi connectivity index (χ3v) is 3.76. The van der Waals surface area contributed by atoms with E-state index in [0.29, 0.717) is 12.2 Å². The van der Waals surface area contributed by atoms with Crippen molar-refractivity contribution >= 4 is 38.6 Å². The highest BCUT2D eigenvalue weighted by Crippen LogP contribution is 2.20. The zero-order valence-corrected chi connectivity index (χ0v) is 13.1. The van der Waals surface area contributed by atoms with Crippen LogP contribution in [0, 0.1) is 6.92 Å². The largest absolute Gasteiger partial charge is 0.361 e. The lowest BCUT2D eigenvalue weighted by Gasteiger charge is -2.07. The Morgan fingerprint density at radius 1 is 1.38 bits per heavy atom. The van der Waals surface area contributed by atoms with E-state index < -0.39 is 0 Å². The van der Waals surface area contributed by atoms with Gasteiger partial charge in [-0.3, -0.25) is 4.79 Å². The van der Waals surface area contributed by atoms with Crippen LogP contribution in [0.5, 0.6) is 0 Å². The number of fused-ring (bicyclic) bond motifs is 1. The Hall–Kier alpha value is -2.14. The summed E-state index contributed by atoms with van der Waals surface area (Å²) in [6.45, 7) is 1.92. The summed E-state index contributed by atoms with van der Waals surface area (Å²) in [5.41, 5.74) is 2.95. The number of rotatable bonds is 3. The van der Waals surface area contributed by atoms with Crippen molar-refractivity contribution in [2.24, 2.45) is 0 Å². The SMILES string of the molecule is Cc1cc(Br)cnc1NC(=O)Cc1c[nH]c2ccccc12. The number of amides is 1. The van der Waals surface area contributed by atoms with Crippen LogP contribution in [0.2, 0.25) is 0 Å². The van der Waals surface area contributed by atoms with Crippen molar-refractivity contribution in [3.05, 3.63) is 58.3 Å². The topological polar surface area (TPSA) is 57.8 Å². The number of hydrogen-bond acceptors (Lipinski definition) is 2. The van der Waals surface area contributed by atoms with E-state index in [4.69, 9.17) is 0 Å². The molecule has 3 aromatic rings. The molecular weight excluding hydrogens is 330 g/mol.